The Bertz CT molecular complexity index is 1010. The van der Waals surface area contributed by atoms with Gasteiger partial charge in [-0.2, -0.15) is 5.10 Å². The van der Waals surface area contributed by atoms with Crippen LogP contribution >= 0.6 is 11.8 Å². The highest BCUT2D eigenvalue weighted by atomic mass is 32.2. The highest BCUT2D eigenvalue weighted by Crippen LogP contribution is 2.43. The summed E-state index contributed by atoms with van der Waals surface area (Å²) in [6, 6.07) is 13.8. The number of nitrogens with zero attached hydrogens (tertiary/aromatic N) is 2. The van der Waals surface area contributed by atoms with Crippen LogP contribution in [0.5, 0.6) is 5.75 Å². The number of ether oxygens (including phenoxy) is 1. The van der Waals surface area contributed by atoms with Crippen LogP contribution in [-0.2, 0) is 12.8 Å². The molecular formula is C20H19N3O2S. The third-order valence-corrected chi connectivity index (χ3v) is 5.58. The number of para-hydroxylation sites is 2. The van der Waals surface area contributed by atoms with E-state index in [1.165, 1.54) is 10.5 Å². The van der Waals surface area contributed by atoms with Crippen LogP contribution in [0, 0.1) is 6.92 Å². The SMILES string of the molecule is COc1ccccc1NC(=O)c1nn(C)c2c1CSc1ccc(C)cc1-2. The van der Waals surface area contributed by atoms with E-state index in [-0.39, 0.29) is 5.91 Å². The lowest BCUT2D eigenvalue weighted by Crippen LogP contribution is -2.15. The van der Waals surface area contributed by atoms with Crippen LogP contribution in [0.2, 0.25) is 0 Å². The molecule has 4 rings (SSSR count). The molecule has 0 bridgehead atoms. The number of thioether (sulfide) groups is 1. The summed E-state index contributed by atoms with van der Waals surface area (Å²) in [6.07, 6.45) is 0. The zero-order valence-corrected chi connectivity index (χ0v) is 15.7. The van der Waals surface area contributed by atoms with Gasteiger partial charge in [0.2, 0.25) is 0 Å². The predicted octanol–water partition coefficient (Wildman–Crippen LogP) is 4.26. The summed E-state index contributed by atoms with van der Waals surface area (Å²) in [5, 5.41) is 7.45. The number of fused-ring (bicyclic) bond motifs is 3. The van der Waals surface area contributed by atoms with Crippen LogP contribution in [0.15, 0.2) is 47.4 Å². The van der Waals surface area contributed by atoms with E-state index in [0.717, 1.165) is 22.6 Å². The molecule has 6 heteroatoms. The van der Waals surface area contributed by atoms with Gasteiger partial charge in [-0.3, -0.25) is 9.48 Å². The maximum Gasteiger partial charge on any atom is 0.276 e. The molecule has 5 nitrogen and oxygen atoms in total. The van der Waals surface area contributed by atoms with Crippen molar-refractivity contribution in [1.29, 1.82) is 0 Å². The Morgan fingerprint density at radius 1 is 1.27 bits per heavy atom. The molecule has 0 radical (unpaired) electrons. The summed E-state index contributed by atoms with van der Waals surface area (Å²) in [5.41, 5.74) is 5.43. The van der Waals surface area contributed by atoms with Gasteiger partial charge in [-0.15, -0.1) is 11.8 Å². The topological polar surface area (TPSA) is 56.1 Å². The molecule has 0 saturated heterocycles. The second-order valence-electron chi connectivity index (χ2n) is 6.24. The number of methoxy groups -OCH3 is 1. The van der Waals surface area contributed by atoms with Crippen molar-refractivity contribution < 1.29 is 9.53 Å². The summed E-state index contributed by atoms with van der Waals surface area (Å²) in [6.45, 7) is 2.07. The number of amides is 1. The number of carbonyl (C=O) groups is 1. The zero-order valence-electron chi connectivity index (χ0n) is 14.9. The van der Waals surface area contributed by atoms with Crippen LogP contribution in [-0.4, -0.2) is 22.8 Å². The standard InChI is InChI=1S/C20H19N3O2S/c1-12-8-9-17-13(10-12)19-14(11-26-17)18(22-23(19)2)20(24)21-15-6-4-5-7-16(15)25-3/h4-10H,11H2,1-3H3,(H,21,24). The molecule has 1 aliphatic rings. The van der Waals surface area contributed by atoms with Gasteiger partial charge in [-0.05, 0) is 31.2 Å². The van der Waals surface area contributed by atoms with Crippen LogP contribution in [0.3, 0.4) is 0 Å². The fourth-order valence-corrected chi connectivity index (χ4v) is 4.31. The van der Waals surface area contributed by atoms with Gasteiger partial charge in [0.05, 0.1) is 18.5 Å². The quantitative estimate of drug-likeness (QED) is 0.753. The van der Waals surface area contributed by atoms with E-state index < -0.39 is 0 Å². The molecule has 0 saturated carbocycles. The Morgan fingerprint density at radius 3 is 2.88 bits per heavy atom. The van der Waals surface area contributed by atoms with Crippen molar-refractivity contribution in [2.45, 2.75) is 17.6 Å². The normalized spacial score (nSPS) is 12.3. The lowest BCUT2D eigenvalue weighted by Gasteiger charge is -2.18. The number of nitrogens with one attached hydrogen (secondary N) is 1. The summed E-state index contributed by atoms with van der Waals surface area (Å²) in [5.74, 6) is 1.14. The Labute approximate surface area is 156 Å². The monoisotopic (exact) mass is 365 g/mol. The van der Waals surface area contributed by atoms with Gasteiger partial charge in [-0.1, -0.05) is 23.8 Å². The minimum atomic E-state index is -0.219. The van der Waals surface area contributed by atoms with Crippen LogP contribution < -0.4 is 10.1 Å². The fraction of sp³-hybridized carbons (Fsp3) is 0.200. The van der Waals surface area contributed by atoms with Gasteiger partial charge in [-0.25, -0.2) is 0 Å². The van der Waals surface area contributed by atoms with Gasteiger partial charge in [0.1, 0.15) is 5.75 Å². The third kappa shape index (κ3) is 2.76. The van der Waals surface area contributed by atoms with Crippen molar-refractivity contribution in [2.24, 2.45) is 7.05 Å². The third-order valence-electron chi connectivity index (χ3n) is 4.48. The number of anilines is 1. The van der Waals surface area contributed by atoms with E-state index >= 15 is 0 Å². The molecule has 0 fully saturated rings. The van der Waals surface area contributed by atoms with E-state index in [4.69, 9.17) is 4.74 Å². The molecule has 1 aliphatic heterocycles. The van der Waals surface area contributed by atoms with Crippen molar-refractivity contribution in [3.05, 3.63) is 59.3 Å². The molecule has 2 aromatic carbocycles. The number of hydrogen-bond donors (Lipinski definition) is 1. The average Bonchev–Trinajstić information content (AvgIpc) is 2.99. The maximum atomic E-state index is 12.9. The lowest BCUT2D eigenvalue weighted by atomic mass is 10.0. The second-order valence-corrected chi connectivity index (χ2v) is 7.26. The molecule has 0 unspecified atom stereocenters. The highest BCUT2D eigenvalue weighted by Gasteiger charge is 2.28. The largest absolute Gasteiger partial charge is 0.495 e. The molecule has 0 aliphatic carbocycles. The van der Waals surface area contributed by atoms with Crippen molar-refractivity contribution in [1.82, 2.24) is 9.78 Å². The Kier molecular flexibility index (Phi) is 4.20. The first-order chi connectivity index (χ1) is 12.6. The lowest BCUT2D eigenvalue weighted by molar-refractivity contribution is 0.102. The van der Waals surface area contributed by atoms with Crippen molar-refractivity contribution in [3.63, 3.8) is 0 Å². The first-order valence-corrected chi connectivity index (χ1v) is 9.31. The zero-order chi connectivity index (χ0) is 18.3. The summed E-state index contributed by atoms with van der Waals surface area (Å²) in [4.78, 5) is 14.1. The van der Waals surface area contributed by atoms with Crippen molar-refractivity contribution >= 4 is 23.4 Å². The Balaban J connectivity index is 1.74. The second kappa shape index (κ2) is 6.53. The summed E-state index contributed by atoms with van der Waals surface area (Å²) < 4.78 is 7.13. The highest BCUT2D eigenvalue weighted by molar-refractivity contribution is 7.98. The maximum absolute atomic E-state index is 12.9. The minimum absolute atomic E-state index is 0.219. The molecule has 3 aromatic rings. The van der Waals surface area contributed by atoms with E-state index in [1.54, 1.807) is 18.9 Å². The van der Waals surface area contributed by atoms with Gasteiger partial charge in [0, 0.05) is 28.8 Å². The Morgan fingerprint density at radius 2 is 2.08 bits per heavy atom. The molecule has 1 N–H and O–H groups in total. The Hall–Kier alpha value is -2.73. The molecule has 0 spiro atoms. The molecule has 1 aromatic heterocycles. The van der Waals surface area contributed by atoms with Crippen molar-refractivity contribution in [2.75, 3.05) is 12.4 Å². The van der Waals surface area contributed by atoms with Crippen LogP contribution in [0.4, 0.5) is 5.69 Å². The van der Waals surface area contributed by atoms with Gasteiger partial charge < -0.3 is 10.1 Å². The number of hydrogen-bond acceptors (Lipinski definition) is 4. The predicted molar refractivity (Wildman–Crippen MR) is 104 cm³/mol. The van der Waals surface area contributed by atoms with Crippen LogP contribution in [0.1, 0.15) is 21.6 Å². The van der Waals surface area contributed by atoms with E-state index in [1.807, 2.05) is 36.0 Å². The number of benzene rings is 2. The van der Waals surface area contributed by atoms with E-state index in [9.17, 15) is 4.79 Å². The molecule has 26 heavy (non-hydrogen) atoms. The first kappa shape index (κ1) is 16.7. The summed E-state index contributed by atoms with van der Waals surface area (Å²) >= 11 is 1.74. The smallest absolute Gasteiger partial charge is 0.276 e. The summed E-state index contributed by atoms with van der Waals surface area (Å²) in [7, 11) is 3.48. The number of rotatable bonds is 3. The average molecular weight is 365 g/mol. The van der Waals surface area contributed by atoms with E-state index in [2.05, 4.69) is 35.5 Å². The molecule has 1 amide bonds. The number of aromatic nitrogens is 2. The number of carbonyl (C=O) groups excluding carboxylic acids is 1. The van der Waals surface area contributed by atoms with Gasteiger partial charge >= 0.3 is 0 Å². The first-order valence-electron chi connectivity index (χ1n) is 8.32. The van der Waals surface area contributed by atoms with E-state index in [0.29, 0.717) is 17.1 Å². The fourth-order valence-electron chi connectivity index (χ4n) is 3.26. The molecule has 0 atom stereocenters. The molecular weight excluding hydrogens is 346 g/mol. The van der Waals surface area contributed by atoms with Crippen LogP contribution in [0.25, 0.3) is 11.3 Å². The minimum Gasteiger partial charge on any atom is -0.495 e. The molecule has 2 heterocycles. The van der Waals surface area contributed by atoms with Gasteiger partial charge in [0.15, 0.2) is 5.69 Å². The van der Waals surface area contributed by atoms with Gasteiger partial charge in [0.25, 0.3) is 5.91 Å². The van der Waals surface area contributed by atoms with Crippen molar-refractivity contribution in [3.8, 4) is 17.0 Å². The molecule has 132 valence electrons. The number of aryl methyl sites for hydroxylation is 2.